The monoisotopic (exact) mass is 508 g/mol. The van der Waals surface area contributed by atoms with Crippen molar-refractivity contribution in [2.75, 3.05) is 24.5 Å². The first-order chi connectivity index (χ1) is 17.6. The Kier molecular flexibility index (Phi) is 7.00. The molecule has 5 rings (SSSR count). The second-order valence-electron chi connectivity index (χ2n) is 12.1. The molecule has 200 valence electrons. The van der Waals surface area contributed by atoms with E-state index in [1.54, 1.807) is 9.58 Å². The molecule has 2 amide bonds. The van der Waals surface area contributed by atoms with Gasteiger partial charge in [0.1, 0.15) is 12.1 Å². The SMILES string of the molecule is Cc1ccc(N2CCCC2CNC(=O)C2CC(O)CN2C(=O)C(n2cc(C3CC3)nn2)C(C)(C)C)cc1. The number of aliphatic hydroxyl groups excluding tert-OH is 1. The molecule has 2 saturated heterocycles. The highest BCUT2D eigenvalue weighted by Crippen LogP contribution is 2.40. The summed E-state index contributed by atoms with van der Waals surface area (Å²) < 4.78 is 1.66. The summed E-state index contributed by atoms with van der Waals surface area (Å²) >= 11 is 0. The lowest BCUT2D eigenvalue weighted by atomic mass is 9.85. The average molecular weight is 509 g/mol. The van der Waals surface area contributed by atoms with Gasteiger partial charge in [-0.3, -0.25) is 9.59 Å². The lowest BCUT2D eigenvalue weighted by molar-refractivity contribution is -0.144. The van der Waals surface area contributed by atoms with Gasteiger partial charge in [-0.2, -0.15) is 0 Å². The number of hydrogen-bond acceptors (Lipinski definition) is 6. The lowest BCUT2D eigenvalue weighted by Gasteiger charge is -2.35. The number of aliphatic hydroxyl groups is 1. The summed E-state index contributed by atoms with van der Waals surface area (Å²) in [7, 11) is 0. The highest BCUT2D eigenvalue weighted by Gasteiger charge is 2.45. The summed E-state index contributed by atoms with van der Waals surface area (Å²) in [5.41, 5.74) is 2.87. The van der Waals surface area contributed by atoms with Gasteiger partial charge in [-0.1, -0.05) is 43.7 Å². The molecule has 37 heavy (non-hydrogen) atoms. The van der Waals surface area contributed by atoms with E-state index in [9.17, 15) is 14.7 Å². The zero-order chi connectivity index (χ0) is 26.3. The Morgan fingerprint density at radius 3 is 2.57 bits per heavy atom. The number of nitrogens with zero attached hydrogens (tertiary/aromatic N) is 5. The van der Waals surface area contributed by atoms with E-state index in [-0.39, 0.29) is 30.8 Å². The number of aromatic nitrogens is 3. The van der Waals surface area contributed by atoms with Crippen LogP contribution in [0.25, 0.3) is 0 Å². The van der Waals surface area contributed by atoms with Crippen LogP contribution >= 0.6 is 0 Å². The molecule has 3 aliphatic rings. The largest absolute Gasteiger partial charge is 0.391 e. The molecule has 1 aliphatic carbocycles. The number of aryl methyl sites for hydroxylation is 1. The van der Waals surface area contributed by atoms with Gasteiger partial charge in [-0.05, 0) is 50.2 Å². The summed E-state index contributed by atoms with van der Waals surface area (Å²) in [6.45, 7) is 9.68. The zero-order valence-electron chi connectivity index (χ0n) is 22.4. The minimum atomic E-state index is -0.728. The van der Waals surface area contributed by atoms with Crippen molar-refractivity contribution < 1.29 is 14.7 Å². The van der Waals surface area contributed by atoms with Gasteiger partial charge >= 0.3 is 0 Å². The second kappa shape index (κ2) is 10.1. The Balaban J connectivity index is 1.28. The van der Waals surface area contributed by atoms with Crippen LogP contribution < -0.4 is 10.2 Å². The number of benzene rings is 1. The first-order valence-corrected chi connectivity index (χ1v) is 13.6. The molecule has 1 aromatic heterocycles. The molecule has 1 saturated carbocycles. The number of β-amino-alcohol motifs (C(OH)–C–C–N with tert-alkyl or cyclic N) is 1. The van der Waals surface area contributed by atoms with Crippen molar-refractivity contribution in [1.29, 1.82) is 0 Å². The molecule has 9 nitrogen and oxygen atoms in total. The normalized spacial score (nSPS) is 24.9. The van der Waals surface area contributed by atoms with Gasteiger partial charge in [0.05, 0.1) is 11.8 Å². The van der Waals surface area contributed by atoms with Crippen molar-refractivity contribution in [3.63, 3.8) is 0 Å². The van der Waals surface area contributed by atoms with Crippen molar-refractivity contribution in [1.82, 2.24) is 25.2 Å². The number of amides is 2. The lowest BCUT2D eigenvalue weighted by Crippen LogP contribution is -2.52. The third-order valence-corrected chi connectivity index (χ3v) is 7.96. The van der Waals surface area contributed by atoms with E-state index in [0.717, 1.165) is 37.9 Å². The summed E-state index contributed by atoms with van der Waals surface area (Å²) in [5.74, 6) is 0.0378. The van der Waals surface area contributed by atoms with Crippen LogP contribution in [-0.2, 0) is 9.59 Å². The Morgan fingerprint density at radius 2 is 1.89 bits per heavy atom. The third kappa shape index (κ3) is 5.51. The highest BCUT2D eigenvalue weighted by atomic mass is 16.3. The minimum absolute atomic E-state index is 0.145. The molecule has 4 unspecified atom stereocenters. The van der Waals surface area contributed by atoms with Crippen LogP contribution in [0.4, 0.5) is 5.69 Å². The topological polar surface area (TPSA) is 104 Å². The Morgan fingerprint density at radius 1 is 1.16 bits per heavy atom. The highest BCUT2D eigenvalue weighted by molar-refractivity contribution is 5.90. The van der Waals surface area contributed by atoms with Crippen LogP contribution in [-0.4, -0.2) is 74.6 Å². The molecule has 9 heteroatoms. The van der Waals surface area contributed by atoms with Crippen LogP contribution in [0, 0.1) is 12.3 Å². The van der Waals surface area contributed by atoms with Crippen molar-refractivity contribution in [2.45, 2.75) is 89.9 Å². The van der Waals surface area contributed by atoms with E-state index in [1.165, 1.54) is 11.3 Å². The fourth-order valence-corrected chi connectivity index (χ4v) is 5.79. The van der Waals surface area contributed by atoms with Crippen molar-refractivity contribution in [3.05, 3.63) is 41.7 Å². The number of carbonyl (C=O) groups excluding carboxylic acids is 2. The standard InChI is InChI=1S/C28H40N6O3/c1-18-7-11-20(12-8-18)32-13-5-6-21(32)15-29-26(36)24-14-22(35)16-33(24)27(37)25(28(2,3)4)34-17-23(30-31-34)19-9-10-19/h7-8,11-12,17,19,21-22,24-25,35H,5-6,9-10,13-16H2,1-4H3,(H,29,36). The number of likely N-dealkylation sites (tertiary alicyclic amines) is 1. The number of nitrogens with one attached hydrogen (secondary N) is 1. The second-order valence-corrected chi connectivity index (χ2v) is 12.1. The number of rotatable bonds is 7. The van der Waals surface area contributed by atoms with Crippen molar-refractivity contribution >= 4 is 17.5 Å². The minimum Gasteiger partial charge on any atom is -0.391 e. The Labute approximate surface area is 219 Å². The number of hydrogen-bond donors (Lipinski definition) is 2. The maximum atomic E-state index is 13.9. The molecule has 4 atom stereocenters. The number of anilines is 1. The summed E-state index contributed by atoms with van der Waals surface area (Å²) in [6.07, 6.45) is 5.69. The molecule has 3 heterocycles. The van der Waals surface area contributed by atoms with Gasteiger partial charge in [0.15, 0.2) is 0 Å². The molecule has 1 aromatic carbocycles. The summed E-state index contributed by atoms with van der Waals surface area (Å²) in [6, 6.07) is 7.39. The predicted molar refractivity (Wildman–Crippen MR) is 141 cm³/mol. The van der Waals surface area contributed by atoms with Gasteiger partial charge in [-0.25, -0.2) is 4.68 Å². The van der Waals surface area contributed by atoms with Crippen LogP contribution in [0.3, 0.4) is 0 Å². The fraction of sp³-hybridized carbons (Fsp3) is 0.643. The third-order valence-electron chi connectivity index (χ3n) is 7.96. The summed E-state index contributed by atoms with van der Waals surface area (Å²) in [4.78, 5) is 31.2. The van der Waals surface area contributed by atoms with E-state index in [0.29, 0.717) is 12.5 Å². The van der Waals surface area contributed by atoms with E-state index in [1.807, 2.05) is 27.0 Å². The molecular weight excluding hydrogens is 468 g/mol. The first kappa shape index (κ1) is 25.7. The molecule has 2 aromatic rings. The van der Waals surface area contributed by atoms with Crippen molar-refractivity contribution in [2.24, 2.45) is 5.41 Å². The van der Waals surface area contributed by atoms with E-state index >= 15 is 0 Å². The molecule has 3 fully saturated rings. The van der Waals surface area contributed by atoms with E-state index < -0.39 is 23.6 Å². The molecule has 0 bridgehead atoms. The molecule has 0 radical (unpaired) electrons. The number of carbonyl (C=O) groups is 2. The summed E-state index contributed by atoms with van der Waals surface area (Å²) in [5, 5.41) is 22.2. The molecule has 2 aliphatic heterocycles. The maximum Gasteiger partial charge on any atom is 0.248 e. The quantitative estimate of drug-likeness (QED) is 0.596. The van der Waals surface area contributed by atoms with Crippen LogP contribution in [0.15, 0.2) is 30.5 Å². The van der Waals surface area contributed by atoms with Gasteiger partial charge < -0.3 is 20.2 Å². The Hall–Kier alpha value is -2.94. The predicted octanol–water partition coefficient (Wildman–Crippen LogP) is 2.80. The zero-order valence-corrected chi connectivity index (χ0v) is 22.4. The van der Waals surface area contributed by atoms with Crippen molar-refractivity contribution in [3.8, 4) is 0 Å². The van der Waals surface area contributed by atoms with Crippen LogP contribution in [0.2, 0.25) is 0 Å². The van der Waals surface area contributed by atoms with Gasteiger partial charge in [-0.15, -0.1) is 5.10 Å². The molecule has 0 spiro atoms. The van der Waals surface area contributed by atoms with E-state index in [2.05, 4.69) is 51.7 Å². The molecular formula is C28H40N6O3. The molecule has 2 N–H and O–H groups in total. The Bertz CT molecular complexity index is 1120. The first-order valence-electron chi connectivity index (χ1n) is 13.6. The van der Waals surface area contributed by atoms with Gasteiger partial charge in [0.25, 0.3) is 0 Å². The van der Waals surface area contributed by atoms with Gasteiger partial charge in [0, 0.05) is 49.9 Å². The maximum absolute atomic E-state index is 13.9. The fourth-order valence-electron chi connectivity index (χ4n) is 5.79. The van der Waals surface area contributed by atoms with Crippen LogP contribution in [0.5, 0.6) is 0 Å². The smallest absolute Gasteiger partial charge is 0.248 e. The average Bonchev–Trinajstić information content (AvgIpc) is 3.22. The van der Waals surface area contributed by atoms with Crippen LogP contribution in [0.1, 0.15) is 76.1 Å². The van der Waals surface area contributed by atoms with Gasteiger partial charge in [0.2, 0.25) is 11.8 Å². The van der Waals surface area contributed by atoms with E-state index in [4.69, 9.17) is 0 Å².